The van der Waals surface area contributed by atoms with Crippen LogP contribution in [0.4, 0.5) is 10.5 Å². The lowest BCUT2D eigenvalue weighted by molar-refractivity contribution is -0.139. The topological polar surface area (TPSA) is 160 Å². The third-order valence-corrected chi connectivity index (χ3v) is 9.42. The Morgan fingerprint density at radius 1 is 1.02 bits per heavy atom. The summed E-state index contributed by atoms with van der Waals surface area (Å²) in [6, 6.07) is 17.8. The molecule has 1 aliphatic heterocycles. The summed E-state index contributed by atoms with van der Waals surface area (Å²) in [6.07, 6.45) is 0.927. The van der Waals surface area contributed by atoms with Crippen molar-refractivity contribution < 1.29 is 32.6 Å². The average molecular weight is 698 g/mol. The molecular weight excluding hydrogens is 659 g/mol. The summed E-state index contributed by atoms with van der Waals surface area (Å²) in [6.45, 7) is 6.76. The number of nitrogens with zero attached hydrogens (tertiary/aromatic N) is 3. The van der Waals surface area contributed by atoms with Crippen LogP contribution in [0.1, 0.15) is 49.1 Å². The molecule has 1 aromatic heterocycles. The highest BCUT2D eigenvalue weighted by atomic mass is 32.2. The van der Waals surface area contributed by atoms with Crippen LogP contribution in [0.3, 0.4) is 0 Å². The molecule has 260 valence electrons. The van der Waals surface area contributed by atoms with Crippen molar-refractivity contribution in [2.75, 3.05) is 23.4 Å². The van der Waals surface area contributed by atoms with Crippen LogP contribution < -0.4 is 10.6 Å². The van der Waals surface area contributed by atoms with Crippen molar-refractivity contribution in [1.29, 1.82) is 0 Å². The molecule has 13 heteroatoms. The van der Waals surface area contributed by atoms with Crippen LogP contribution in [-0.4, -0.2) is 75.8 Å². The first-order valence-corrected chi connectivity index (χ1v) is 17.7. The smallest absolute Gasteiger partial charge is 0.408 e. The zero-order chi connectivity index (χ0) is 36.2. The molecule has 2 atom stereocenters. The minimum Gasteiger partial charge on any atom is -0.507 e. The first-order valence-electron chi connectivity index (χ1n) is 15.9. The molecule has 1 aliphatic rings. The first-order chi connectivity index (χ1) is 23.6. The van der Waals surface area contributed by atoms with Gasteiger partial charge in [0, 0.05) is 36.6 Å². The van der Waals surface area contributed by atoms with Gasteiger partial charge in [-0.1, -0.05) is 53.8 Å². The van der Waals surface area contributed by atoms with E-state index in [1.807, 2.05) is 13.0 Å². The number of carbonyl (C=O) groups is 3. The highest BCUT2D eigenvalue weighted by Crippen LogP contribution is 2.31. The Balaban J connectivity index is 1.35. The van der Waals surface area contributed by atoms with Gasteiger partial charge >= 0.3 is 6.09 Å². The van der Waals surface area contributed by atoms with Gasteiger partial charge in [0.25, 0.3) is 5.91 Å². The average Bonchev–Trinajstić information content (AvgIpc) is 3.43. The Morgan fingerprint density at radius 2 is 1.72 bits per heavy atom. The van der Waals surface area contributed by atoms with Gasteiger partial charge in [-0.05, 0) is 69.7 Å². The molecule has 1 fully saturated rings. The lowest BCUT2D eigenvalue weighted by atomic mass is 10.0. The Morgan fingerprint density at radius 3 is 2.40 bits per heavy atom. The number of hydrogen-bond donors (Lipinski definition) is 3. The first kappa shape index (κ1) is 35.7. The number of sulfone groups is 1. The maximum Gasteiger partial charge on any atom is 0.408 e. The predicted octanol–water partition coefficient (Wildman–Crippen LogP) is 4.33. The van der Waals surface area contributed by atoms with E-state index in [-0.39, 0.29) is 18.0 Å². The van der Waals surface area contributed by atoms with Crippen LogP contribution in [0.15, 0.2) is 79.0 Å². The largest absolute Gasteiger partial charge is 0.507 e. The highest BCUT2D eigenvalue weighted by molar-refractivity contribution is 7.91. The van der Waals surface area contributed by atoms with Crippen molar-refractivity contribution in [2.24, 2.45) is 7.05 Å². The molecule has 4 aromatic rings. The summed E-state index contributed by atoms with van der Waals surface area (Å²) in [7, 11) is -1.88. The van der Waals surface area contributed by atoms with Gasteiger partial charge in [0.05, 0.1) is 17.1 Å². The number of rotatable bonds is 6. The number of aromatic hydroxyl groups is 1. The van der Waals surface area contributed by atoms with E-state index < -0.39 is 51.2 Å². The fraction of sp³-hybridized carbons (Fsp3) is 0.297. The standard InChI is InChI=1S/C37H39N5O7S/c1-24-11-18-31(43)29(21-24)32-27(22-41(5)40-32)15-12-25-13-16-28(17-14-25)38-34(44)30-23-50(47,48)20-19-42(30)35(45)33(26-9-7-6-8-10-26)39-36(46)49-37(2,3)4/h6-11,13-14,16-18,21-22,30,33,43H,19-20,23H2,1-5H3,(H,38,44)(H,39,46)/t30-,33-/m1/s1. The number of ether oxygens (including phenoxy) is 1. The summed E-state index contributed by atoms with van der Waals surface area (Å²) in [4.78, 5) is 41.6. The van der Waals surface area contributed by atoms with E-state index in [0.717, 1.165) is 5.56 Å². The zero-order valence-electron chi connectivity index (χ0n) is 28.4. The fourth-order valence-electron chi connectivity index (χ4n) is 5.43. The SMILES string of the molecule is Cc1ccc(O)c(-c2nn(C)cc2C#Cc2ccc(NC(=O)[C@H]3CS(=O)(=O)CCN3C(=O)[C@H](NC(=O)OC(C)(C)C)c3ccccc3)cc2)c1. The molecule has 3 amide bonds. The van der Waals surface area contributed by atoms with Gasteiger partial charge in [0.2, 0.25) is 5.91 Å². The second-order valence-electron chi connectivity index (χ2n) is 13.1. The second kappa shape index (κ2) is 14.5. The molecule has 5 rings (SSSR count). The lowest BCUT2D eigenvalue weighted by Gasteiger charge is -2.37. The maximum atomic E-state index is 14.0. The van der Waals surface area contributed by atoms with Crippen molar-refractivity contribution in [3.63, 3.8) is 0 Å². The Hall–Kier alpha value is -5.61. The van der Waals surface area contributed by atoms with Crippen molar-refractivity contribution in [2.45, 2.75) is 45.4 Å². The molecule has 2 heterocycles. The van der Waals surface area contributed by atoms with Gasteiger partial charge in [0.1, 0.15) is 29.1 Å². The van der Waals surface area contributed by atoms with Crippen molar-refractivity contribution in [3.05, 3.63) is 101 Å². The molecule has 50 heavy (non-hydrogen) atoms. The van der Waals surface area contributed by atoms with Crippen LogP contribution >= 0.6 is 0 Å². The number of carbonyl (C=O) groups excluding carboxylic acids is 3. The lowest BCUT2D eigenvalue weighted by Crippen LogP contribution is -2.58. The van der Waals surface area contributed by atoms with E-state index in [1.54, 1.807) is 105 Å². The molecule has 0 bridgehead atoms. The van der Waals surface area contributed by atoms with E-state index in [1.165, 1.54) is 4.90 Å². The summed E-state index contributed by atoms with van der Waals surface area (Å²) < 4.78 is 32.4. The minimum atomic E-state index is -3.65. The van der Waals surface area contributed by atoms with Crippen LogP contribution in [-0.2, 0) is 31.2 Å². The number of alkyl carbamates (subject to hydrolysis) is 1. The van der Waals surface area contributed by atoms with Crippen LogP contribution in [0.2, 0.25) is 0 Å². The normalized spacial score (nSPS) is 16.0. The number of benzene rings is 3. The monoisotopic (exact) mass is 697 g/mol. The number of hydrogen-bond acceptors (Lipinski definition) is 8. The summed E-state index contributed by atoms with van der Waals surface area (Å²) in [5.74, 6) is 4.04. The third kappa shape index (κ3) is 8.89. The molecule has 0 radical (unpaired) electrons. The molecule has 0 spiro atoms. The van der Waals surface area contributed by atoms with Crippen molar-refractivity contribution in [1.82, 2.24) is 20.0 Å². The quantitative estimate of drug-likeness (QED) is 0.251. The summed E-state index contributed by atoms with van der Waals surface area (Å²) >= 11 is 0. The van der Waals surface area contributed by atoms with Crippen molar-refractivity contribution in [3.8, 4) is 28.8 Å². The summed E-state index contributed by atoms with van der Waals surface area (Å²) in [5, 5.41) is 20.2. The van der Waals surface area contributed by atoms with Crippen LogP contribution in [0.5, 0.6) is 5.75 Å². The van der Waals surface area contributed by atoms with E-state index in [9.17, 15) is 27.9 Å². The molecule has 1 saturated heterocycles. The van der Waals surface area contributed by atoms with E-state index in [2.05, 4.69) is 27.6 Å². The van der Waals surface area contributed by atoms with Crippen LogP contribution in [0, 0.1) is 18.8 Å². The number of aromatic nitrogens is 2. The Kier molecular flexibility index (Phi) is 10.3. The van der Waals surface area contributed by atoms with Crippen molar-refractivity contribution >= 4 is 33.4 Å². The maximum absolute atomic E-state index is 14.0. The minimum absolute atomic E-state index is 0.0957. The number of nitrogens with one attached hydrogen (secondary N) is 2. The molecule has 0 unspecified atom stereocenters. The number of anilines is 1. The Bertz CT molecular complexity index is 2080. The zero-order valence-corrected chi connectivity index (χ0v) is 29.2. The van der Waals surface area contributed by atoms with Gasteiger partial charge in [-0.2, -0.15) is 5.10 Å². The molecule has 0 saturated carbocycles. The molecular formula is C37H39N5O7S. The van der Waals surface area contributed by atoms with Gasteiger partial charge in [-0.15, -0.1) is 0 Å². The van der Waals surface area contributed by atoms with Crippen LogP contribution in [0.25, 0.3) is 11.3 Å². The van der Waals surface area contributed by atoms with E-state index in [4.69, 9.17) is 4.74 Å². The molecule has 0 aliphatic carbocycles. The fourth-order valence-corrected chi connectivity index (χ4v) is 6.89. The predicted molar refractivity (Wildman–Crippen MR) is 189 cm³/mol. The molecule has 3 N–H and O–H groups in total. The molecule has 12 nitrogen and oxygen atoms in total. The number of amides is 3. The van der Waals surface area contributed by atoms with Gasteiger partial charge < -0.3 is 25.4 Å². The Labute approximate surface area is 291 Å². The van der Waals surface area contributed by atoms with Gasteiger partial charge in [-0.3, -0.25) is 14.3 Å². The van der Waals surface area contributed by atoms with E-state index >= 15 is 0 Å². The molecule has 3 aromatic carbocycles. The van der Waals surface area contributed by atoms with Gasteiger partial charge in [-0.25, -0.2) is 13.2 Å². The number of phenols is 1. The third-order valence-electron chi connectivity index (χ3n) is 7.79. The van der Waals surface area contributed by atoms with E-state index in [0.29, 0.717) is 33.6 Å². The number of phenolic OH excluding ortho intramolecular Hbond substituents is 1. The van der Waals surface area contributed by atoms with Gasteiger partial charge in [0.15, 0.2) is 9.84 Å². The highest BCUT2D eigenvalue weighted by Gasteiger charge is 2.42. The number of aryl methyl sites for hydroxylation is 2. The summed E-state index contributed by atoms with van der Waals surface area (Å²) in [5.41, 5.74) is 3.31. The second-order valence-corrected chi connectivity index (χ2v) is 15.3.